The SMILES string of the molecule is CSCCCn1ccnc1-c1cncc(Br)c1. The summed E-state index contributed by atoms with van der Waals surface area (Å²) in [7, 11) is 0. The molecule has 2 aromatic heterocycles. The van der Waals surface area contributed by atoms with E-state index in [9.17, 15) is 0 Å². The van der Waals surface area contributed by atoms with Gasteiger partial charge < -0.3 is 4.57 Å². The predicted octanol–water partition coefficient (Wildman–Crippen LogP) is 3.46. The highest BCUT2D eigenvalue weighted by molar-refractivity contribution is 9.10. The van der Waals surface area contributed by atoms with E-state index >= 15 is 0 Å². The third kappa shape index (κ3) is 3.33. The molecule has 0 aliphatic rings. The van der Waals surface area contributed by atoms with E-state index in [-0.39, 0.29) is 0 Å². The first-order valence-electron chi connectivity index (χ1n) is 5.42. The first-order chi connectivity index (χ1) is 8.31. The Hall–Kier alpha value is -0.810. The molecule has 17 heavy (non-hydrogen) atoms. The van der Waals surface area contributed by atoms with Gasteiger partial charge in [0.2, 0.25) is 0 Å². The van der Waals surface area contributed by atoms with Gasteiger partial charge in [0.05, 0.1) is 0 Å². The molecule has 0 aliphatic carbocycles. The Morgan fingerprint density at radius 1 is 1.41 bits per heavy atom. The molecular formula is C12H14BrN3S. The lowest BCUT2D eigenvalue weighted by atomic mass is 10.2. The summed E-state index contributed by atoms with van der Waals surface area (Å²) >= 11 is 5.31. The van der Waals surface area contributed by atoms with E-state index in [2.05, 4.69) is 36.7 Å². The average molecular weight is 312 g/mol. The Bertz CT molecular complexity index is 484. The van der Waals surface area contributed by atoms with Crippen LogP contribution in [0.15, 0.2) is 35.3 Å². The van der Waals surface area contributed by atoms with Gasteiger partial charge in [-0.2, -0.15) is 11.8 Å². The molecule has 0 N–H and O–H groups in total. The summed E-state index contributed by atoms with van der Waals surface area (Å²) in [4.78, 5) is 8.58. The molecule has 0 aliphatic heterocycles. The summed E-state index contributed by atoms with van der Waals surface area (Å²) in [6.07, 6.45) is 10.8. The zero-order chi connectivity index (χ0) is 12.1. The Labute approximate surface area is 114 Å². The molecule has 0 saturated carbocycles. The molecule has 0 aromatic carbocycles. The van der Waals surface area contributed by atoms with Crippen molar-refractivity contribution < 1.29 is 0 Å². The van der Waals surface area contributed by atoms with Crippen LogP contribution in [0, 0.1) is 0 Å². The first kappa shape index (κ1) is 12.6. The third-order valence-corrected chi connectivity index (χ3v) is 3.56. The van der Waals surface area contributed by atoms with Crippen molar-refractivity contribution in [3.05, 3.63) is 35.3 Å². The lowest BCUT2D eigenvalue weighted by Crippen LogP contribution is -2.00. The van der Waals surface area contributed by atoms with E-state index < -0.39 is 0 Å². The highest BCUT2D eigenvalue weighted by Gasteiger charge is 2.06. The van der Waals surface area contributed by atoms with Crippen molar-refractivity contribution in [3.63, 3.8) is 0 Å². The summed E-state index contributed by atoms with van der Waals surface area (Å²) in [5.74, 6) is 2.16. The van der Waals surface area contributed by atoms with Crippen molar-refractivity contribution in [1.82, 2.24) is 14.5 Å². The van der Waals surface area contributed by atoms with Gasteiger partial charge in [0.15, 0.2) is 0 Å². The summed E-state index contributed by atoms with van der Waals surface area (Å²) < 4.78 is 3.16. The standard InChI is InChI=1S/C12H14BrN3S/c1-17-6-2-4-16-5-3-15-12(16)10-7-11(13)9-14-8-10/h3,5,7-9H,2,4,6H2,1H3. The van der Waals surface area contributed by atoms with Crippen LogP contribution in [0.3, 0.4) is 0 Å². The number of hydrogen-bond donors (Lipinski definition) is 0. The normalized spacial score (nSPS) is 10.7. The van der Waals surface area contributed by atoms with Crippen LogP contribution in [0.1, 0.15) is 6.42 Å². The summed E-state index contributed by atoms with van der Waals surface area (Å²) in [5.41, 5.74) is 1.05. The monoisotopic (exact) mass is 311 g/mol. The van der Waals surface area contributed by atoms with Gasteiger partial charge in [-0.3, -0.25) is 4.98 Å². The molecule has 5 heteroatoms. The van der Waals surface area contributed by atoms with Crippen molar-refractivity contribution in [2.75, 3.05) is 12.0 Å². The number of rotatable bonds is 5. The first-order valence-corrected chi connectivity index (χ1v) is 7.61. The minimum atomic E-state index is 0.980. The Balaban J connectivity index is 2.18. The Morgan fingerprint density at radius 3 is 3.06 bits per heavy atom. The van der Waals surface area contributed by atoms with Gasteiger partial charge in [0.1, 0.15) is 5.82 Å². The van der Waals surface area contributed by atoms with Gasteiger partial charge in [0, 0.05) is 41.4 Å². The maximum atomic E-state index is 4.40. The molecule has 0 fully saturated rings. The van der Waals surface area contributed by atoms with Crippen LogP contribution in [-0.2, 0) is 6.54 Å². The molecule has 2 aromatic rings. The Morgan fingerprint density at radius 2 is 2.29 bits per heavy atom. The summed E-state index contributed by atoms with van der Waals surface area (Å²) in [6, 6.07) is 2.04. The van der Waals surface area contributed by atoms with Crippen molar-refractivity contribution in [3.8, 4) is 11.4 Å². The van der Waals surface area contributed by atoms with E-state index in [0.29, 0.717) is 0 Å². The van der Waals surface area contributed by atoms with Gasteiger partial charge in [-0.25, -0.2) is 4.98 Å². The number of imidazole rings is 1. The molecular weight excluding hydrogens is 298 g/mol. The third-order valence-electron chi connectivity index (χ3n) is 2.43. The molecule has 3 nitrogen and oxygen atoms in total. The van der Waals surface area contributed by atoms with E-state index in [1.54, 1.807) is 6.20 Å². The van der Waals surface area contributed by atoms with Crippen LogP contribution in [0.4, 0.5) is 0 Å². The van der Waals surface area contributed by atoms with Crippen LogP contribution in [0.2, 0.25) is 0 Å². The van der Waals surface area contributed by atoms with Gasteiger partial charge in [-0.15, -0.1) is 0 Å². The number of nitrogens with zero attached hydrogens (tertiary/aromatic N) is 3. The highest BCUT2D eigenvalue weighted by Crippen LogP contribution is 2.20. The van der Waals surface area contributed by atoms with Crippen molar-refractivity contribution in [2.45, 2.75) is 13.0 Å². The molecule has 0 saturated heterocycles. The van der Waals surface area contributed by atoms with Crippen LogP contribution in [0.25, 0.3) is 11.4 Å². The number of pyridine rings is 1. The largest absolute Gasteiger partial charge is 0.331 e. The second-order valence-electron chi connectivity index (χ2n) is 3.68. The van der Waals surface area contributed by atoms with Gasteiger partial charge in [-0.1, -0.05) is 0 Å². The molecule has 0 radical (unpaired) electrons. The lowest BCUT2D eigenvalue weighted by molar-refractivity contribution is 0.690. The van der Waals surface area contributed by atoms with Crippen molar-refractivity contribution >= 4 is 27.7 Å². The summed E-state index contributed by atoms with van der Waals surface area (Å²) in [5, 5.41) is 0. The molecule has 0 unspecified atom stereocenters. The van der Waals surface area contributed by atoms with Gasteiger partial charge >= 0.3 is 0 Å². The fourth-order valence-corrected chi connectivity index (χ4v) is 2.45. The quantitative estimate of drug-likeness (QED) is 0.792. The van der Waals surface area contributed by atoms with Gasteiger partial charge in [0.25, 0.3) is 0 Å². The maximum Gasteiger partial charge on any atom is 0.141 e. The fourth-order valence-electron chi connectivity index (χ4n) is 1.66. The second-order valence-corrected chi connectivity index (χ2v) is 5.58. The zero-order valence-electron chi connectivity index (χ0n) is 9.64. The van der Waals surface area contributed by atoms with Crippen LogP contribution >= 0.6 is 27.7 Å². The topological polar surface area (TPSA) is 30.7 Å². The smallest absolute Gasteiger partial charge is 0.141 e. The zero-order valence-corrected chi connectivity index (χ0v) is 12.0. The molecule has 90 valence electrons. The van der Waals surface area contributed by atoms with Crippen LogP contribution in [-0.4, -0.2) is 26.5 Å². The lowest BCUT2D eigenvalue weighted by Gasteiger charge is -2.07. The van der Waals surface area contributed by atoms with Crippen LogP contribution < -0.4 is 0 Å². The van der Waals surface area contributed by atoms with E-state index in [4.69, 9.17) is 0 Å². The number of hydrogen-bond acceptors (Lipinski definition) is 3. The fraction of sp³-hybridized carbons (Fsp3) is 0.333. The molecule has 2 rings (SSSR count). The molecule has 0 amide bonds. The maximum absolute atomic E-state index is 4.40. The van der Waals surface area contributed by atoms with E-state index in [0.717, 1.165) is 28.8 Å². The van der Waals surface area contributed by atoms with Gasteiger partial charge in [-0.05, 0) is 40.4 Å². The number of thioether (sulfide) groups is 1. The minimum absolute atomic E-state index is 0.980. The Kier molecular flexibility index (Phi) is 4.62. The number of aromatic nitrogens is 3. The minimum Gasteiger partial charge on any atom is -0.331 e. The average Bonchev–Trinajstić information content (AvgIpc) is 2.78. The number of halogens is 1. The molecule has 0 bridgehead atoms. The molecule has 0 atom stereocenters. The highest BCUT2D eigenvalue weighted by atomic mass is 79.9. The molecule has 2 heterocycles. The second kappa shape index (κ2) is 6.21. The number of aryl methyl sites for hydroxylation is 1. The van der Waals surface area contributed by atoms with Crippen molar-refractivity contribution in [1.29, 1.82) is 0 Å². The van der Waals surface area contributed by atoms with Crippen LogP contribution in [0.5, 0.6) is 0 Å². The van der Waals surface area contributed by atoms with E-state index in [1.165, 1.54) is 5.75 Å². The van der Waals surface area contributed by atoms with Crippen molar-refractivity contribution in [2.24, 2.45) is 0 Å². The molecule has 0 spiro atoms. The van der Waals surface area contributed by atoms with E-state index in [1.807, 2.05) is 36.4 Å². The summed E-state index contributed by atoms with van der Waals surface area (Å²) in [6.45, 7) is 1.00. The predicted molar refractivity (Wildman–Crippen MR) is 76.2 cm³/mol.